The summed E-state index contributed by atoms with van der Waals surface area (Å²) in [5.41, 5.74) is 13.1. The monoisotopic (exact) mass is 607 g/mol. The minimum absolute atomic E-state index is 0.317. The quantitative estimate of drug-likeness (QED) is 0.0528. The van der Waals surface area contributed by atoms with Gasteiger partial charge in [-0.15, -0.1) is 0 Å². The molecule has 1 fully saturated rings. The largest absolute Gasteiger partial charge is 0.374 e. The normalized spacial score (nSPS) is 21.2. The van der Waals surface area contributed by atoms with Gasteiger partial charge in [-0.25, -0.2) is 0 Å². The zero-order chi connectivity index (χ0) is 30.9. The van der Waals surface area contributed by atoms with E-state index in [0.717, 1.165) is 22.3 Å². The van der Waals surface area contributed by atoms with Gasteiger partial charge in [-0.05, 0) is 40.6 Å². The maximum absolute atomic E-state index is 8.86. The molecule has 5 atom stereocenters. The molecule has 0 saturated carbocycles. The van der Waals surface area contributed by atoms with Crippen molar-refractivity contribution >= 4 is 0 Å². The van der Waals surface area contributed by atoms with E-state index in [0.29, 0.717) is 52.4 Å². The third kappa shape index (κ3) is 10.3. The van der Waals surface area contributed by atoms with Gasteiger partial charge >= 0.3 is 0 Å². The molecule has 0 bridgehead atoms. The molecule has 1 aliphatic heterocycles. The van der Waals surface area contributed by atoms with Crippen molar-refractivity contribution in [2.24, 2.45) is 5.11 Å². The summed E-state index contributed by atoms with van der Waals surface area (Å²) >= 11 is 0. The Labute approximate surface area is 265 Å². The first kappa shape index (κ1) is 32.4. The van der Waals surface area contributed by atoms with E-state index < -0.39 is 24.4 Å². The molecule has 0 radical (unpaired) electrons. The zero-order valence-corrected chi connectivity index (χ0v) is 25.5. The second-order valence-electron chi connectivity index (χ2n) is 11.1. The molecule has 0 spiro atoms. The summed E-state index contributed by atoms with van der Waals surface area (Å²) in [6, 6.07) is 40.4. The number of azide groups is 1. The Morgan fingerprint density at radius 3 is 1.44 bits per heavy atom. The highest BCUT2D eigenvalue weighted by atomic mass is 16.6. The van der Waals surface area contributed by atoms with Crippen molar-refractivity contribution in [2.45, 2.75) is 69.8 Å². The van der Waals surface area contributed by atoms with E-state index in [-0.39, 0.29) is 6.10 Å². The van der Waals surface area contributed by atoms with Crippen molar-refractivity contribution < 1.29 is 23.7 Å². The van der Waals surface area contributed by atoms with Gasteiger partial charge in [0.15, 0.2) is 0 Å². The topological polar surface area (TPSA) is 94.9 Å². The summed E-state index contributed by atoms with van der Waals surface area (Å²) < 4.78 is 33.1. The van der Waals surface area contributed by atoms with E-state index in [1.807, 2.05) is 109 Å². The SMILES string of the molecule is [N-]=[N+]=NCCC[C@@H]1O[C@H](COCc2ccccc2)[C@@H](OCc2ccccc2)[C@H](OCc2ccccc2)[C@H]1OCc1ccccc1. The Bertz CT molecular complexity index is 1420. The van der Waals surface area contributed by atoms with Crippen molar-refractivity contribution in [1.29, 1.82) is 0 Å². The van der Waals surface area contributed by atoms with Crippen molar-refractivity contribution in [3.63, 3.8) is 0 Å². The highest BCUT2D eigenvalue weighted by molar-refractivity contribution is 5.16. The van der Waals surface area contributed by atoms with Gasteiger partial charge in [0.05, 0.1) is 39.1 Å². The van der Waals surface area contributed by atoms with E-state index in [9.17, 15) is 0 Å². The number of ether oxygens (including phenoxy) is 5. The highest BCUT2D eigenvalue weighted by Gasteiger charge is 2.48. The predicted molar refractivity (Wildman–Crippen MR) is 173 cm³/mol. The first-order valence-electron chi connectivity index (χ1n) is 15.5. The molecule has 0 amide bonds. The van der Waals surface area contributed by atoms with Crippen LogP contribution in [0, 0.1) is 0 Å². The molecular weight excluding hydrogens is 566 g/mol. The maximum atomic E-state index is 8.86. The lowest BCUT2D eigenvalue weighted by Crippen LogP contribution is -2.61. The number of benzene rings is 4. The summed E-state index contributed by atoms with van der Waals surface area (Å²) in [4.78, 5) is 2.93. The van der Waals surface area contributed by atoms with Gasteiger partial charge < -0.3 is 23.7 Å². The molecule has 4 aromatic rings. The second-order valence-corrected chi connectivity index (χ2v) is 11.1. The van der Waals surface area contributed by atoms with Gasteiger partial charge in [-0.2, -0.15) is 0 Å². The first-order chi connectivity index (χ1) is 22.3. The molecule has 1 saturated heterocycles. The van der Waals surface area contributed by atoms with Crippen LogP contribution in [-0.4, -0.2) is 43.7 Å². The fourth-order valence-corrected chi connectivity index (χ4v) is 5.53. The molecule has 45 heavy (non-hydrogen) atoms. The van der Waals surface area contributed by atoms with Crippen LogP contribution in [0.3, 0.4) is 0 Å². The minimum atomic E-state index is -0.473. The van der Waals surface area contributed by atoms with Crippen LogP contribution in [0.15, 0.2) is 126 Å². The van der Waals surface area contributed by atoms with Crippen LogP contribution in [0.5, 0.6) is 0 Å². The Hall–Kier alpha value is -4.01. The average Bonchev–Trinajstić information content (AvgIpc) is 3.10. The Balaban J connectivity index is 1.42. The third-order valence-electron chi connectivity index (χ3n) is 7.79. The minimum Gasteiger partial charge on any atom is -0.374 e. The van der Waals surface area contributed by atoms with Crippen LogP contribution >= 0.6 is 0 Å². The molecule has 8 heteroatoms. The molecule has 0 aliphatic carbocycles. The van der Waals surface area contributed by atoms with E-state index >= 15 is 0 Å². The van der Waals surface area contributed by atoms with Gasteiger partial charge in [-0.1, -0.05) is 126 Å². The molecule has 0 aromatic heterocycles. The summed E-state index contributed by atoms with van der Waals surface area (Å²) in [6.07, 6.45) is -0.835. The summed E-state index contributed by atoms with van der Waals surface area (Å²) in [6.45, 7) is 2.33. The number of hydrogen-bond donors (Lipinski definition) is 0. The summed E-state index contributed by atoms with van der Waals surface area (Å²) in [5, 5.41) is 3.75. The molecule has 4 aromatic carbocycles. The van der Waals surface area contributed by atoms with Gasteiger partial charge in [0.1, 0.15) is 24.4 Å². The molecule has 5 rings (SSSR count). The molecule has 0 N–H and O–H groups in total. The summed E-state index contributed by atoms with van der Waals surface area (Å²) in [5.74, 6) is 0. The Kier molecular flexibility index (Phi) is 13.0. The fourth-order valence-electron chi connectivity index (χ4n) is 5.53. The van der Waals surface area contributed by atoms with Crippen LogP contribution in [0.4, 0.5) is 0 Å². The first-order valence-corrected chi connectivity index (χ1v) is 15.5. The zero-order valence-electron chi connectivity index (χ0n) is 25.5. The van der Waals surface area contributed by atoms with Crippen LogP contribution < -0.4 is 0 Å². The van der Waals surface area contributed by atoms with Crippen LogP contribution in [0.25, 0.3) is 10.4 Å². The smallest absolute Gasteiger partial charge is 0.115 e. The van der Waals surface area contributed by atoms with Crippen molar-refractivity contribution in [3.05, 3.63) is 154 Å². The predicted octanol–water partition coefficient (Wildman–Crippen LogP) is 7.82. The standard InChI is InChI=1S/C37H41N3O5/c38-40-39-23-13-22-33-35(42-25-30-16-7-2-8-17-30)37(44-27-32-20-11-4-12-21-32)36(43-26-31-18-9-3-10-19-31)34(45-33)28-41-24-29-14-5-1-6-15-29/h1-12,14-21,33-37H,13,22-28H2/t33-,34+,35-,36+,37+/m0/s1. The van der Waals surface area contributed by atoms with E-state index in [2.05, 4.69) is 22.2 Å². The molecule has 234 valence electrons. The average molecular weight is 608 g/mol. The van der Waals surface area contributed by atoms with E-state index in [4.69, 9.17) is 29.2 Å². The van der Waals surface area contributed by atoms with Crippen molar-refractivity contribution in [1.82, 2.24) is 0 Å². The van der Waals surface area contributed by atoms with Crippen molar-refractivity contribution in [2.75, 3.05) is 13.2 Å². The number of rotatable bonds is 17. The lowest BCUT2D eigenvalue weighted by atomic mass is 9.91. The van der Waals surface area contributed by atoms with Gasteiger partial charge in [0.25, 0.3) is 0 Å². The van der Waals surface area contributed by atoms with Gasteiger partial charge in [-0.3, -0.25) is 0 Å². The molecule has 8 nitrogen and oxygen atoms in total. The van der Waals surface area contributed by atoms with Crippen molar-refractivity contribution in [3.8, 4) is 0 Å². The lowest BCUT2D eigenvalue weighted by Gasteiger charge is -2.46. The molecular formula is C37H41N3O5. The Morgan fingerprint density at radius 2 is 0.978 bits per heavy atom. The molecule has 0 unspecified atom stereocenters. The molecule has 1 heterocycles. The van der Waals surface area contributed by atoms with Gasteiger partial charge in [0.2, 0.25) is 0 Å². The number of nitrogens with zero attached hydrogens (tertiary/aromatic N) is 3. The lowest BCUT2D eigenvalue weighted by molar-refractivity contribution is -0.273. The van der Waals surface area contributed by atoms with Gasteiger partial charge in [0, 0.05) is 11.5 Å². The number of hydrogen-bond acceptors (Lipinski definition) is 6. The third-order valence-corrected chi connectivity index (χ3v) is 7.79. The second kappa shape index (κ2) is 18.1. The fraction of sp³-hybridized carbons (Fsp3) is 0.351. The van der Waals surface area contributed by atoms with Crippen LogP contribution in [0.2, 0.25) is 0 Å². The Morgan fingerprint density at radius 1 is 0.556 bits per heavy atom. The highest BCUT2D eigenvalue weighted by Crippen LogP contribution is 2.33. The van der Waals surface area contributed by atoms with Crippen LogP contribution in [0.1, 0.15) is 35.1 Å². The summed E-state index contributed by atoms with van der Waals surface area (Å²) in [7, 11) is 0. The maximum Gasteiger partial charge on any atom is 0.115 e. The molecule has 1 aliphatic rings. The van der Waals surface area contributed by atoms with Crippen LogP contribution in [-0.2, 0) is 50.1 Å². The van der Waals surface area contributed by atoms with E-state index in [1.165, 1.54) is 0 Å². The van der Waals surface area contributed by atoms with E-state index in [1.54, 1.807) is 0 Å².